The molecule has 1 fully saturated rings. The van der Waals surface area contributed by atoms with Gasteiger partial charge in [-0.05, 0) is 44.2 Å². The lowest BCUT2D eigenvalue weighted by molar-refractivity contribution is 0.280. The number of hydrogen-bond acceptors (Lipinski definition) is 4. The lowest BCUT2D eigenvalue weighted by atomic mass is 9.98. The number of nitrogens with zero attached hydrogens (tertiary/aromatic N) is 2. The Morgan fingerprint density at radius 3 is 2.50 bits per heavy atom. The van der Waals surface area contributed by atoms with Gasteiger partial charge >= 0.3 is 0 Å². The number of nitrogens with one attached hydrogen (secondary N) is 2. The minimum absolute atomic E-state index is 0. The summed E-state index contributed by atoms with van der Waals surface area (Å²) in [5.41, 5.74) is 0. The Kier molecular flexibility index (Phi) is 11.8. The maximum absolute atomic E-state index is 11.6. The van der Waals surface area contributed by atoms with Gasteiger partial charge in [-0.2, -0.15) is 0 Å². The average Bonchev–Trinajstić information content (AvgIpc) is 2.66. The van der Waals surface area contributed by atoms with Crippen molar-refractivity contribution in [3.63, 3.8) is 0 Å². The molecule has 28 heavy (non-hydrogen) atoms. The van der Waals surface area contributed by atoms with Gasteiger partial charge in [0.15, 0.2) is 5.96 Å². The molecule has 0 bridgehead atoms. The molecule has 1 heterocycles. The summed E-state index contributed by atoms with van der Waals surface area (Å²) in [6.07, 6.45) is 3.88. The first-order chi connectivity index (χ1) is 13.0. The molecule has 0 radical (unpaired) electrons. The summed E-state index contributed by atoms with van der Waals surface area (Å²) in [5, 5.41) is 6.59. The number of para-hydroxylation sites is 1. The molecule has 2 rings (SSSR count). The largest absolute Gasteiger partial charge is 0.494 e. The van der Waals surface area contributed by atoms with E-state index in [4.69, 9.17) is 4.74 Å². The summed E-state index contributed by atoms with van der Waals surface area (Å²) < 4.78 is 30.4. The predicted octanol–water partition coefficient (Wildman–Crippen LogP) is 2.30. The topological polar surface area (TPSA) is 83.0 Å². The van der Waals surface area contributed by atoms with Gasteiger partial charge in [-0.25, -0.2) is 12.7 Å². The van der Waals surface area contributed by atoms with Crippen molar-refractivity contribution in [2.24, 2.45) is 10.9 Å². The van der Waals surface area contributed by atoms with Crippen molar-refractivity contribution in [2.75, 3.05) is 45.6 Å². The molecular weight excluding hydrogens is 491 g/mol. The number of guanidine groups is 1. The number of hydrogen-bond donors (Lipinski definition) is 2. The van der Waals surface area contributed by atoms with E-state index in [1.165, 1.54) is 6.26 Å². The number of aliphatic imine (C=N–C) groups is 1. The zero-order valence-corrected chi connectivity index (χ0v) is 19.9. The van der Waals surface area contributed by atoms with Gasteiger partial charge in [0.25, 0.3) is 0 Å². The van der Waals surface area contributed by atoms with E-state index >= 15 is 0 Å². The summed E-state index contributed by atoms with van der Waals surface area (Å²) in [5.74, 6) is 2.13. The van der Waals surface area contributed by atoms with Gasteiger partial charge in [-0.1, -0.05) is 18.2 Å². The first-order valence-electron chi connectivity index (χ1n) is 9.64. The summed E-state index contributed by atoms with van der Waals surface area (Å²) in [6.45, 7) is 6.19. The van der Waals surface area contributed by atoms with Crippen LogP contribution in [0.1, 0.15) is 26.2 Å². The second-order valence-corrected chi connectivity index (χ2v) is 8.75. The van der Waals surface area contributed by atoms with Crippen molar-refractivity contribution in [3.05, 3.63) is 30.3 Å². The molecule has 1 aliphatic rings. The second-order valence-electron chi connectivity index (χ2n) is 6.77. The van der Waals surface area contributed by atoms with Crippen LogP contribution < -0.4 is 15.4 Å². The molecule has 1 aliphatic heterocycles. The van der Waals surface area contributed by atoms with Gasteiger partial charge in [0.2, 0.25) is 10.0 Å². The lowest BCUT2D eigenvalue weighted by Gasteiger charge is -2.29. The van der Waals surface area contributed by atoms with E-state index in [1.807, 2.05) is 37.3 Å². The molecular formula is C19H33IN4O3S. The van der Waals surface area contributed by atoms with Crippen LogP contribution in [0.3, 0.4) is 0 Å². The molecule has 1 saturated heterocycles. The molecule has 9 heteroatoms. The molecule has 0 spiro atoms. The van der Waals surface area contributed by atoms with Crippen LogP contribution in [0.4, 0.5) is 0 Å². The molecule has 2 N–H and O–H groups in total. The van der Waals surface area contributed by atoms with Gasteiger partial charge in [0.1, 0.15) is 5.75 Å². The Labute approximate surface area is 186 Å². The molecule has 0 amide bonds. The van der Waals surface area contributed by atoms with Gasteiger partial charge in [-0.15, -0.1) is 24.0 Å². The molecule has 7 nitrogen and oxygen atoms in total. The van der Waals surface area contributed by atoms with Crippen molar-refractivity contribution >= 4 is 40.0 Å². The highest BCUT2D eigenvalue weighted by Crippen LogP contribution is 2.19. The van der Waals surface area contributed by atoms with E-state index in [2.05, 4.69) is 15.6 Å². The third-order valence-corrected chi connectivity index (χ3v) is 5.82. The molecule has 0 saturated carbocycles. The Morgan fingerprint density at radius 1 is 1.21 bits per heavy atom. The van der Waals surface area contributed by atoms with Crippen LogP contribution >= 0.6 is 24.0 Å². The zero-order valence-electron chi connectivity index (χ0n) is 16.8. The van der Waals surface area contributed by atoms with Crippen molar-refractivity contribution < 1.29 is 13.2 Å². The quantitative estimate of drug-likeness (QED) is 0.224. The first kappa shape index (κ1) is 25.0. The monoisotopic (exact) mass is 524 g/mol. The SMILES string of the molecule is CCNC(=NCC1CCN(S(C)(=O)=O)CC1)NCCCOc1ccccc1.I. The number of piperidine rings is 1. The maximum atomic E-state index is 11.6. The number of rotatable bonds is 9. The second kappa shape index (κ2) is 13.2. The molecule has 0 atom stereocenters. The van der Waals surface area contributed by atoms with Crippen molar-refractivity contribution in [1.82, 2.24) is 14.9 Å². The highest BCUT2D eigenvalue weighted by molar-refractivity contribution is 14.0. The normalized spacial score (nSPS) is 16.3. The Hall–Kier alpha value is -1.07. The van der Waals surface area contributed by atoms with Crippen LogP contribution in [0.2, 0.25) is 0 Å². The van der Waals surface area contributed by atoms with E-state index in [-0.39, 0.29) is 24.0 Å². The van der Waals surface area contributed by atoms with E-state index < -0.39 is 10.0 Å². The highest BCUT2D eigenvalue weighted by Gasteiger charge is 2.24. The van der Waals surface area contributed by atoms with Crippen LogP contribution in [0.15, 0.2) is 35.3 Å². The minimum Gasteiger partial charge on any atom is -0.494 e. The van der Waals surface area contributed by atoms with Crippen molar-refractivity contribution in [1.29, 1.82) is 0 Å². The smallest absolute Gasteiger partial charge is 0.211 e. The molecule has 0 aliphatic carbocycles. The van der Waals surface area contributed by atoms with Crippen molar-refractivity contribution in [3.8, 4) is 5.75 Å². The molecule has 1 aromatic carbocycles. The van der Waals surface area contributed by atoms with Gasteiger partial charge in [0.05, 0.1) is 12.9 Å². The van der Waals surface area contributed by atoms with Gasteiger partial charge < -0.3 is 15.4 Å². The molecule has 0 unspecified atom stereocenters. The standard InChI is InChI=1S/C19H32N4O3S.HI/c1-3-20-19(21-12-7-15-26-18-8-5-4-6-9-18)22-16-17-10-13-23(14-11-17)27(2,24)25;/h4-6,8-9,17H,3,7,10-16H2,1-2H3,(H2,20,21,22);1H. The number of sulfonamides is 1. The number of ether oxygens (including phenoxy) is 1. The average molecular weight is 524 g/mol. The van der Waals surface area contributed by atoms with Gasteiger partial charge in [-0.3, -0.25) is 4.99 Å². The third-order valence-electron chi connectivity index (χ3n) is 4.52. The van der Waals surface area contributed by atoms with Gasteiger partial charge in [0, 0.05) is 32.7 Å². The van der Waals surface area contributed by atoms with E-state index in [9.17, 15) is 8.42 Å². The van der Waals surface area contributed by atoms with Crippen LogP contribution in [0.5, 0.6) is 5.75 Å². The van der Waals surface area contributed by atoms with E-state index in [0.29, 0.717) is 32.2 Å². The highest BCUT2D eigenvalue weighted by atomic mass is 127. The van der Waals surface area contributed by atoms with Crippen LogP contribution in [-0.4, -0.2) is 64.3 Å². The Morgan fingerprint density at radius 2 is 1.89 bits per heavy atom. The Bertz CT molecular complexity index is 678. The summed E-state index contributed by atoms with van der Waals surface area (Å²) in [7, 11) is -3.07. The Balaban J connectivity index is 0.00000392. The maximum Gasteiger partial charge on any atom is 0.211 e. The molecule has 160 valence electrons. The molecule has 0 aromatic heterocycles. The van der Waals surface area contributed by atoms with Crippen LogP contribution in [0.25, 0.3) is 0 Å². The fraction of sp³-hybridized carbons (Fsp3) is 0.632. The fourth-order valence-electron chi connectivity index (χ4n) is 2.97. The minimum atomic E-state index is -3.07. The predicted molar refractivity (Wildman–Crippen MR) is 125 cm³/mol. The fourth-order valence-corrected chi connectivity index (χ4v) is 3.85. The number of halogens is 1. The summed E-state index contributed by atoms with van der Waals surface area (Å²) in [4.78, 5) is 4.67. The van der Waals surface area contributed by atoms with Crippen LogP contribution in [-0.2, 0) is 10.0 Å². The summed E-state index contributed by atoms with van der Waals surface area (Å²) >= 11 is 0. The third kappa shape index (κ3) is 9.42. The zero-order chi connectivity index (χ0) is 19.5. The first-order valence-corrected chi connectivity index (χ1v) is 11.5. The van der Waals surface area contributed by atoms with E-state index in [1.54, 1.807) is 4.31 Å². The molecule has 1 aromatic rings. The summed E-state index contributed by atoms with van der Waals surface area (Å²) in [6, 6.07) is 9.80. The van der Waals surface area contributed by atoms with Crippen LogP contribution in [0, 0.1) is 5.92 Å². The number of benzene rings is 1. The van der Waals surface area contributed by atoms with E-state index in [0.717, 1.165) is 44.1 Å². The lowest BCUT2D eigenvalue weighted by Crippen LogP contribution is -2.40. The van der Waals surface area contributed by atoms with Crippen molar-refractivity contribution in [2.45, 2.75) is 26.2 Å².